The molecule has 6 aliphatic carbocycles. The molecule has 0 heterocycles. The van der Waals surface area contributed by atoms with Crippen molar-refractivity contribution in [3.63, 3.8) is 0 Å². The summed E-state index contributed by atoms with van der Waals surface area (Å²) >= 11 is 0. The van der Waals surface area contributed by atoms with Crippen LogP contribution in [-0.4, -0.2) is 6.04 Å². The van der Waals surface area contributed by atoms with Crippen LogP contribution in [0.5, 0.6) is 0 Å². The minimum Gasteiger partial charge on any atom is -0.324 e. The minimum absolute atomic E-state index is 0.210. The molecule has 7 unspecified atom stereocenters. The van der Waals surface area contributed by atoms with E-state index in [1.54, 1.807) is 27.9 Å². The van der Waals surface area contributed by atoms with Gasteiger partial charge in [-0.25, -0.2) is 0 Å². The van der Waals surface area contributed by atoms with Gasteiger partial charge < -0.3 is 5.73 Å². The normalized spacial score (nSPS) is 31.4. The second-order valence-electron chi connectivity index (χ2n) is 15.2. The minimum atomic E-state index is 0.210. The quantitative estimate of drug-likeness (QED) is 0.309. The summed E-state index contributed by atoms with van der Waals surface area (Å²) < 4.78 is 0. The smallest absolute Gasteiger partial charge is 0.0259 e. The lowest BCUT2D eigenvalue weighted by Gasteiger charge is -2.42. The number of rotatable bonds is 8. The van der Waals surface area contributed by atoms with E-state index in [1.165, 1.54) is 68.9 Å². The zero-order chi connectivity index (χ0) is 29.5. The fraction of sp³-hybridized carbons (Fsp3) is 0.524. The Morgan fingerprint density at radius 3 is 2.53 bits per heavy atom. The maximum absolute atomic E-state index is 6.77. The maximum Gasteiger partial charge on any atom is 0.0259 e. The van der Waals surface area contributed by atoms with Gasteiger partial charge in [-0.2, -0.15) is 0 Å². The van der Waals surface area contributed by atoms with Crippen molar-refractivity contribution in [2.75, 3.05) is 0 Å². The van der Waals surface area contributed by atoms with Gasteiger partial charge in [0.15, 0.2) is 0 Å². The number of hydrogen-bond acceptors (Lipinski definition) is 1. The van der Waals surface area contributed by atoms with E-state index in [9.17, 15) is 0 Å². The molecule has 1 nitrogen and oxygen atoms in total. The summed E-state index contributed by atoms with van der Waals surface area (Å²) in [7, 11) is 0. The Balaban J connectivity index is 1.15. The Hall–Kier alpha value is -2.64. The molecule has 7 rings (SSSR count). The third kappa shape index (κ3) is 5.80. The van der Waals surface area contributed by atoms with Crippen LogP contribution in [-0.2, 0) is 0 Å². The summed E-state index contributed by atoms with van der Waals surface area (Å²) in [5.74, 6) is 4.49. The van der Waals surface area contributed by atoms with E-state index >= 15 is 0 Å². The molecule has 226 valence electrons. The predicted molar refractivity (Wildman–Crippen MR) is 182 cm³/mol. The van der Waals surface area contributed by atoms with Crippen molar-refractivity contribution in [3.8, 4) is 0 Å². The largest absolute Gasteiger partial charge is 0.324 e. The first-order chi connectivity index (χ1) is 21.0. The molecule has 0 spiro atoms. The summed E-state index contributed by atoms with van der Waals surface area (Å²) in [6.07, 6.45) is 31.2. The van der Waals surface area contributed by atoms with Gasteiger partial charge in [-0.05, 0) is 117 Å². The average Bonchev–Trinajstić information content (AvgIpc) is 3.36. The molecule has 0 saturated heterocycles. The Labute approximate surface area is 261 Å². The van der Waals surface area contributed by atoms with Crippen molar-refractivity contribution in [1.29, 1.82) is 0 Å². The van der Waals surface area contributed by atoms with Gasteiger partial charge in [-0.1, -0.05) is 116 Å². The van der Waals surface area contributed by atoms with E-state index in [0.29, 0.717) is 35.5 Å². The molecule has 0 radical (unpaired) electrons. The standard InChI is InChI=1S/C42H53N/c1-27(2)22-28(3)23-41(43)31-18-16-30(17-19-31)33-24-32(29-10-5-4-6-11-29)25-34(26-33)35-20-21-40-37-13-8-7-12-36(37)39-15-9-14-38(35)42(39)40/h4-7,9-12,14,16,18,25,27-28,32-33,35,38-39,41H,8,13,15,17,19-24,26,43H2,1-3H3. The van der Waals surface area contributed by atoms with E-state index in [2.05, 4.69) is 93.6 Å². The van der Waals surface area contributed by atoms with Gasteiger partial charge in [0.2, 0.25) is 0 Å². The van der Waals surface area contributed by atoms with Gasteiger partial charge in [0.05, 0.1) is 0 Å². The predicted octanol–water partition coefficient (Wildman–Crippen LogP) is 10.7. The van der Waals surface area contributed by atoms with Crippen LogP contribution in [0, 0.1) is 35.5 Å². The summed E-state index contributed by atoms with van der Waals surface area (Å²) in [6, 6.07) is 11.6. The van der Waals surface area contributed by atoms with Crippen LogP contribution < -0.4 is 5.73 Å². The first-order valence-electron chi connectivity index (χ1n) is 17.7. The van der Waals surface area contributed by atoms with Gasteiger partial charge in [0.1, 0.15) is 0 Å². The molecule has 1 aromatic rings. The second-order valence-corrected chi connectivity index (χ2v) is 15.2. The third-order valence-electron chi connectivity index (χ3n) is 11.8. The van der Waals surface area contributed by atoms with Crippen molar-refractivity contribution < 1.29 is 0 Å². The van der Waals surface area contributed by atoms with Gasteiger partial charge in [-0.15, -0.1) is 0 Å². The molecule has 1 aromatic carbocycles. The Bertz CT molecular complexity index is 1420. The highest BCUT2D eigenvalue weighted by Crippen LogP contribution is 2.57. The van der Waals surface area contributed by atoms with Crippen molar-refractivity contribution in [1.82, 2.24) is 0 Å². The van der Waals surface area contributed by atoms with Crippen molar-refractivity contribution in [3.05, 3.63) is 117 Å². The Morgan fingerprint density at radius 2 is 1.74 bits per heavy atom. The van der Waals surface area contributed by atoms with Gasteiger partial charge in [0, 0.05) is 23.8 Å². The van der Waals surface area contributed by atoms with Crippen LogP contribution in [0.15, 0.2) is 112 Å². The lowest BCUT2D eigenvalue weighted by molar-refractivity contribution is 0.363. The van der Waals surface area contributed by atoms with Crippen molar-refractivity contribution >= 4 is 0 Å². The zero-order valence-corrected chi connectivity index (χ0v) is 26.9. The Kier molecular flexibility index (Phi) is 8.39. The van der Waals surface area contributed by atoms with Crippen LogP contribution >= 0.6 is 0 Å². The molecule has 0 bridgehead atoms. The van der Waals surface area contributed by atoms with Crippen molar-refractivity contribution in [2.24, 2.45) is 41.2 Å². The summed E-state index contributed by atoms with van der Waals surface area (Å²) in [6.45, 7) is 7.04. The lowest BCUT2D eigenvalue weighted by atomic mass is 9.63. The fourth-order valence-corrected chi connectivity index (χ4v) is 9.94. The van der Waals surface area contributed by atoms with Gasteiger partial charge >= 0.3 is 0 Å². The first kappa shape index (κ1) is 29.1. The van der Waals surface area contributed by atoms with E-state index in [-0.39, 0.29) is 6.04 Å². The Morgan fingerprint density at radius 1 is 0.884 bits per heavy atom. The molecule has 0 fully saturated rings. The van der Waals surface area contributed by atoms with Crippen LogP contribution in [0.1, 0.15) is 103 Å². The zero-order valence-electron chi connectivity index (χ0n) is 26.9. The van der Waals surface area contributed by atoms with Crippen LogP contribution in [0.4, 0.5) is 0 Å². The first-order valence-corrected chi connectivity index (χ1v) is 17.7. The molecule has 1 heteroatoms. The number of hydrogen-bond donors (Lipinski definition) is 1. The van der Waals surface area contributed by atoms with E-state index in [1.807, 2.05) is 5.57 Å². The summed E-state index contributed by atoms with van der Waals surface area (Å²) in [5, 5.41) is 0. The molecular formula is C42H53N. The number of benzene rings is 1. The summed E-state index contributed by atoms with van der Waals surface area (Å²) in [5.41, 5.74) is 20.2. The highest BCUT2D eigenvalue weighted by atomic mass is 14.6. The molecule has 0 saturated carbocycles. The number of allylic oxidation sites excluding steroid dienone is 13. The maximum atomic E-state index is 6.77. The number of nitrogens with two attached hydrogens (primary N) is 1. The number of fused-ring (bicyclic) bond motifs is 2. The third-order valence-corrected chi connectivity index (χ3v) is 11.8. The fourth-order valence-electron chi connectivity index (χ4n) is 9.94. The van der Waals surface area contributed by atoms with E-state index in [4.69, 9.17) is 5.73 Å². The monoisotopic (exact) mass is 571 g/mol. The SMILES string of the molecule is CC(C)CC(C)CC(N)C1=CC=C(C2CC(C3CCC4=C5C(CC=CC53)C3=C4CCC=C3)=CC(c3ccccc3)C2)CC1. The highest BCUT2D eigenvalue weighted by molar-refractivity contribution is 5.59. The van der Waals surface area contributed by atoms with E-state index in [0.717, 1.165) is 18.8 Å². The molecule has 0 amide bonds. The van der Waals surface area contributed by atoms with Gasteiger partial charge in [-0.3, -0.25) is 0 Å². The molecule has 6 aliphatic rings. The molecule has 7 atom stereocenters. The van der Waals surface area contributed by atoms with Crippen LogP contribution in [0.25, 0.3) is 0 Å². The van der Waals surface area contributed by atoms with Crippen molar-refractivity contribution in [2.45, 2.75) is 103 Å². The molecule has 2 N–H and O–H groups in total. The molecule has 0 aromatic heterocycles. The van der Waals surface area contributed by atoms with Crippen LogP contribution in [0.3, 0.4) is 0 Å². The van der Waals surface area contributed by atoms with Crippen LogP contribution in [0.2, 0.25) is 0 Å². The molecule has 0 aliphatic heterocycles. The highest BCUT2D eigenvalue weighted by Gasteiger charge is 2.44. The van der Waals surface area contributed by atoms with E-state index < -0.39 is 0 Å². The van der Waals surface area contributed by atoms with Gasteiger partial charge in [0.25, 0.3) is 0 Å². The summed E-state index contributed by atoms with van der Waals surface area (Å²) in [4.78, 5) is 0. The second kappa shape index (κ2) is 12.4. The average molecular weight is 572 g/mol. The molecule has 43 heavy (non-hydrogen) atoms. The molecular weight excluding hydrogens is 518 g/mol. The topological polar surface area (TPSA) is 26.0 Å². The lowest BCUT2D eigenvalue weighted by Crippen LogP contribution is -2.30.